The lowest BCUT2D eigenvalue weighted by atomic mass is 10.1. The van der Waals surface area contributed by atoms with Crippen LogP contribution in [0.1, 0.15) is 43.4 Å². The molecule has 0 atom stereocenters. The maximum absolute atomic E-state index is 12.0. The summed E-state index contributed by atoms with van der Waals surface area (Å²) in [7, 11) is 3.95. The van der Waals surface area contributed by atoms with Crippen LogP contribution >= 0.6 is 24.8 Å². The molecule has 7 heteroatoms. The van der Waals surface area contributed by atoms with Gasteiger partial charge in [0.25, 0.3) is 0 Å². The van der Waals surface area contributed by atoms with Crippen molar-refractivity contribution in [2.45, 2.75) is 39.2 Å². The van der Waals surface area contributed by atoms with Gasteiger partial charge < -0.3 is 14.8 Å². The summed E-state index contributed by atoms with van der Waals surface area (Å²) in [5.74, 6) is 1.76. The molecule has 1 aliphatic rings. The van der Waals surface area contributed by atoms with Gasteiger partial charge in [0.05, 0.1) is 12.2 Å². The molecule has 2 heterocycles. The van der Waals surface area contributed by atoms with Gasteiger partial charge >= 0.3 is 0 Å². The van der Waals surface area contributed by atoms with Gasteiger partial charge in [-0.1, -0.05) is 13.8 Å². The van der Waals surface area contributed by atoms with Gasteiger partial charge in [-0.15, -0.1) is 24.8 Å². The van der Waals surface area contributed by atoms with Crippen molar-refractivity contribution < 1.29 is 4.79 Å². The molecule has 1 aliphatic heterocycles. The minimum absolute atomic E-state index is 0. The molecule has 0 spiro atoms. The Hall–Kier alpha value is -0.780. The smallest absolute Gasteiger partial charge is 0.224 e. The number of imidazole rings is 1. The summed E-state index contributed by atoms with van der Waals surface area (Å²) in [6.07, 6.45) is 1.48. The van der Waals surface area contributed by atoms with Crippen LogP contribution in [0.4, 0.5) is 0 Å². The maximum atomic E-state index is 12.0. The first-order chi connectivity index (χ1) is 9.04. The highest BCUT2D eigenvalue weighted by atomic mass is 35.5. The summed E-state index contributed by atoms with van der Waals surface area (Å²) in [6.45, 7) is 6.53. The molecule has 1 amide bonds. The highest BCUT2D eigenvalue weighted by Crippen LogP contribution is 2.23. The van der Waals surface area contributed by atoms with Gasteiger partial charge in [0.2, 0.25) is 5.91 Å². The molecule has 1 N–H and O–H groups in total. The normalized spacial score (nSPS) is 13.5. The topological polar surface area (TPSA) is 50.2 Å². The zero-order chi connectivity index (χ0) is 14.0. The number of carbonyl (C=O) groups excluding carboxylic acids is 1. The van der Waals surface area contributed by atoms with E-state index in [0.29, 0.717) is 18.9 Å². The number of nitrogens with zero attached hydrogens (tertiary/aromatic N) is 3. The maximum Gasteiger partial charge on any atom is 0.224 e. The summed E-state index contributed by atoms with van der Waals surface area (Å²) < 4.78 is 2.20. The Morgan fingerprint density at radius 3 is 2.62 bits per heavy atom. The second-order valence-corrected chi connectivity index (χ2v) is 5.50. The Labute approximate surface area is 139 Å². The number of amides is 1. The number of rotatable bonds is 4. The predicted octanol–water partition coefficient (Wildman–Crippen LogP) is 1.88. The number of carbonyl (C=O) groups is 1. The van der Waals surface area contributed by atoms with Crippen LogP contribution in [0, 0.1) is 0 Å². The lowest BCUT2D eigenvalue weighted by Gasteiger charge is -2.26. The van der Waals surface area contributed by atoms with E-state index in [1.807, 2.05) is 11.9 Å². The molecule has 0 aromatic carbocycles. The molecule has 1 aromatic heterocycles. The Morgan fingerprint density at radius 1 is 1.38 bits per heavy atom. The van der Waals surface area contributed by atoms with Crippen molar-refractivity contribution in [2.24, 2.45) is 7.05 Å². The molecule has 0 saturated carbocycles. The van der Waals surface area contributed by atoms with Crippen LogP contribution in [0.25, 0.3) is 0 Å². The molecular formula is C14H26Cl2N4O. The molecule has 0 fully saturated rings. The predicted molar refractivity (Wildman–Crippen MR) is 89.5 cm³/mol. The van der Waals surface area contributed by atoms with Gasteiger partial charge in [-0.25, -0.2) is 4.98 Å². The molecular weight excluding hydrogens is 311 g/mol. The van der Waals surface area contributed by atoms with Gasteiger partial charge in [-0.3, -0.25) is 4.79 Å². The van der Waals surface area contributed by atoms with Crippen molar-refractivity contribution in [3.05, 3.63) is 17.2 Å². The fraction of sp³-hybridized carbons (Fsp3) is 0.714. The first-order valence-corrected chi connectivity index (χ1v) is 7.01. The lowest BCUT2D eigenvalue weighted by Crippen LogP contribution is -2.37. The van der Waals surface area contributed by atoms with Crippen LogP contribution in [0.2, 0.25) is 0 Å². The molecule has 0 radical (unpaired) electrons. The number of hydrogen-bond donors (Lipinski definition) is 1. The van der Waals surface area contributed by atoms with E-state index in [1.165, 1.54) is 5.69 Å². The van der Waals surface area contributed by atoms with Crippen LogP contribution in [0.5, 0.6) is 0 Å². The first-order valence-electron chi connectivity index (χ1n) is 7.01. The monoisotopic (exact) mass is 336 g/mol. The van der Waals surface area contributed by atoms with Gasteiger partial charge in [-0.2, -0.15) is 0 Å². The van der Waals surface area contributed by atoms with Gasteiger partial charge in [0.15, 0.2) is 0 Å². The Balaban J connectivity index is 0.00000200. The number of nitrogens with one attached hydrogen (secondary N) is 1. The second kappa shape index (κ2) is 8.61. The fourth-order valence-corrected chi connectivity index (χ4v) is 2.67. The number of fused-ring (bicyclic) bond motifs is 1. The van der Waals surface area contributed by atoms with E-state index in [1.54, 1.807) is 0 Å². The van der Waals surface area contributed by atoms with E-state index >= 15 is 0 Å². The largest absolute Gasteiger partial charge is 0.336 e. The summed E-state index contributed by atoms with van der Waals surface area (Å²) in [6, 6.07) is 0. The van der Waals surface area contributed by atoms with Crippen molar-refractivity contribution in [1.29, 1.82) is 0 Å². The first kappa shape index (κ1) is 20.2. The van der Waals surface area contributed by atoms with Crippen LogP contribution < -0.4 is 5.32 Å². The molecule has 0 unspecified atom stereocenters. The number of hydrogen-bond acceptors (Lipinski definition) is 3. The van der Waals surface area contributed by atoms with E-state index in [4.69, 9.17) is 4.98 Å². The van der Waals surface area contributed by atoms with Gasteiger partial charge in [0, 0.05) is 44.6 Å². The van der Waals surface area contributed by atoms with E-state index in [2.05, 4.69) is 30.8 Å². The fourth-order valence-electron chi connectivity index (χ4n) is 2.67. The minimum Gasteiger partial charge on any atom is -0.336 e. The molecule has 0 saturated heterocycles. The molecule has 122 valence electrons. The summed E-state index contributed by atoms with van der Waals surface area (Å²) >= 11 is 0. The van der Waals surface area contributed by atoms with Crippen molar-refractivity contribution in [3.63, 3.8) is 0 Å². The number of halogens is 2. The van der Waals surface area contributed by atoms with Gasteiger partial charge in [0.1, 0.15) is 5.82 Å². The average Bonchev–Trinajstić information content (AvgIpc) is 2.73. The highest BCUT2D eigenvalue weighted by molar-refractivity contribution is 5.85. The Bertz CT molecular complexity index is 474. The summed E-state index contributed by atoms with van der Waals surface area (Å²) in [4.78, 5) is 18.7. The third kappa shape index (κ3) is 4.34. The molecule has 0 aliphatic carbocycles. The van der Waals surface area contributed by atoms with E-state index in [0.717, 1.165) is 31.0 Å². The zero-order valence-corrected chi connectivity index (χ0v) is 14.8. The summed E-state index contributed by atoms with van der Waals surface area (Å²) in [5, 5.41) is 3.02. The second-order valence-electron chi connectivity index (χ2n) is 5.50. The van der Waals surface area contributed by atoms with E-state index in [9.17, 15) is 4.79 Å². The van der Waals surface area contributed by atoms with E-state index in [-0.39, 0.29) is 30.7 Å². The van der Waals surface area contributed by atoms with Crippen molar-refractivity contribution in [2.75, 3.05) is 20.1 Å². The van der Waals surface area contributed by atoms with Crippen LogP contribution in [-0.2, 0) is 24.8 Å². The average molecular weight is 337 g/mol. The third-order valence-corrected chi connectivity index (χ3v) is 3.75. The molecule has 2 rings (SSSR count). The standard InChI is InChI=1S/C14H24N4O.2ClH/c1-10(2)14-16-11-9-18(13(19)5-7-15-3)8-6-12(11)17(14)4;;/h10,15H,5-9H2,1-4H3;2*1H. The van der Waals surface area contributed by atoms with E-state index < -0.39 is 0 Å². The lowest BCUT2D eigenvalue weighted by molar-refractivity contribution is -0.132. The molecule has 0 bridgehead atoms. The Morgan fingerprint density at radius 2 is 2.05 bits per heavy atom. The zero-order valence-electron chi connectivity index (χ0n) is 13.2. The minimum atomic E-state index is 0. The van der Waals surface area contributed by atoms with Gasteiger partial charge in [-0.05, 0) is 7.05 Å². The highest BCUT2D eigenvalue weighted by Gasteiger charge is 2.25. The van der Waals surface area contributed by atoms with Crippen molar-refractivity contribution in [1.82, 2.24) is 19.8 Å². The SMILES string of the molecule is CNCCC(=O)N1CCc2c(nc(C(C)C)n2C)C1.Cl.Cl. The van der Waals surface area contributed by atoms with Crippen molar-refractivity contribution >= 4 is 30.7 Å². The van der Waals surface area contributed by atoms with Crippen LogP contribution in [0.15, 0.2) is 0 Å². The third-order valence-electron chi connectivity index (χ3n) is 3.75. The molecule has 5 nitrogen and oxygen atoms in total. The van der Waals surface area contributed by atoms with Crippen molar-refractivity contribution in [3.8, 4) is 0 Å². The van der Waals surface area contributed by atoms with Crippen LogP contribution in [0.3, 0.4) is 0 Å². The molecule has 1 aromatic rings. The quantitative estimate of drug-likeness (QED) is 0.913. The van der Waals surface area contributed by atoms with Crippen LogP contribution in [-0.4, -0.2) is 40.5 Å². The molecule has 21 heavy (non-hydrogen) atoms. The Kier molecular flexibility index (Phi) is 8.29. The number of aromatic nitrogens is 2. The summed E-state index contributed by atoms with van der Waals surface area (Å²) in [5.41, 5.74) is 2.37.